The fraction of sp³-hybridized carbons (Fsp3) is 0.333. The van der Waals surface area contributed by atoms with E-state index in [2.05, 4.69) is 20.9 Å². The normalized spacial score (nSPS) is 19.1. The zero-order valence-electron chi connectivity index (χ0n) is 13.1. The predicted molar refractivity (Wildman–Crippen MR) is 96.9 cm³/mol. The second kappa shape index (κ2) is 5.81. The van der Waals surface area contributed by atoms with Crippen molar-refractivity contribution in [3.05, 3.63) is 34.7 Å². The zero-order chi connectivity index (χ0) is 15.8. The van der Waals surface area contributed by atoms with Gasteiger partial charge in [-0.15, -0.1) is 0 Å². The van der Waals surface area contributed by atoms with Gasteiger partial charge >= 0.3 is 0 Å². The first-order chi connectivity index (χ1) is 11.2. The second-order valence-electron chi connectivity index (χ2n) is 6.00. The SMILES string of the molecule is CC1=Nc2ccccc2/C1=C/c1sc(N2CCCCC2)nc1O. The molecular formula is C18H19N3OS. The summed E-state index contributed by atoms with van der Waals surface area (Å²) in [6, 6.07) is 8.11. The van der Waals surface area contributed by atoms with E-state index in [1.165, 1.54) is 19.3 Å². The van der Waals surface area contributed by atoms with E-state index >= 15 is 0 Å². The van der Waals surface area contributed by atoms with Crippen LogP contribution in [0, 0.1) is 0 Å². The maximum absolute atomic E-state index is 10.2. The van der Waals surface area contributed by atoms with Crippen LogP contribution in [0.15, 0.2) is 29.3 Å². The molecule has 2 aliphatic rings. The zero-order valence-corrected chi connectivity index (χ0v) is 13.9. The number of thiazole rings is 1. The lowest BCUT2D eigenvalue weighted by atomic mass is 10.0. The van der Waals surface area contributed by atoms with Crippen LogP contribution in [-0.4, -0.2) is 28.9 Å². The number of hydrogen-bond acceptors (Lipinski definition) is 5. The largest absolute Gasteiger partial charge is 0.492 e. The van der Waals surface area contributed by atoms with Crippen molar-refractivity contribution in [2.75, 3.05) is 18.0 Å². The third kappa shape index (κ3) is 2.65. The highest BCUT2D eigenvalue weighted by molar-refractivity contribution is 7.16. The molecule has 0 amide bonds. The fourth-order valence-electron chi connectivity index (χ4n) is 3.17. The van der Waals surface area contributed by atoms with Crippen LogP contribution in [0.25, 0.3) is 11.6 Å². The number of fused-ring (bicyclic) bond motifs is 1. The highest BCUT2D eigenvalue weighted by Gasteiger charge is 2.21. The molecule has 1 aromatic carbocycles. The van der Waals surface area contributed by atoms with Crippen LogP contribution in [-0.2, 0) is 0 Å². The van der Waals surface area contributed by atoms with E-state index in [-0.39, 0.29) is 5.88 Å². The molecule has 0 bridgehead atoms. The smallest absolute Gasteiger partial charge is 0.231 e. The molecule has 0 saturated carbocycles. The summed E-state index contributed by atoms with van der Waals surface area (Å²) in [5, 5.41) is 11.2. The van der Waals surface area contributed by atoms with Gasteiger partial charge in [-0.1, -0.05) is 29.5 Å². The molecule has 118 valence electrons. The molecule has 0 radical (unpaired) electrons. The Labute approximate surface area is 139 Å². The number of piperidine rings is 1. The van der Waals surface area contributed by atoms with Gasteiger partial charge in [0.25, 0.3) is 0 Å². The van der Waals surface area contributed by atoms with Crippen LogP contribution in [0.2, 0.25) is 0 Å². The average Bonchev–Trinajstić information content (AvgIpc) is 3.10. The Morgan fingerprint density at radius 1 is 1.17 bits per heavy atom. The van der Waals surface area contributed by atoms with Gasteiger partial charge in [0.15, 0.2) is 5.13 Å². The molecule has 1 fully saturated rings. The molecule has 2 aliphatic heterocycles. The van der Waals surface area contributed by atoms with Crippen molar-refractivity contribution in [1.29, 1.82) is 0 Å². The summed E-state index contributed by atoms with van der Waals surface area (Å²) in [5.74, 6) is 0.125. The molecule has 4 rings (SSSR count). The van der Waals surface area contributed by atoms with Crippen molar-refractivity contribution in [1.82, 2.24) is 4.98 Å². The van der Waals surface area contributed by atoms with E-state index in [0.717, 1.165) is 45.6 Å². The Balaban J connectivity index is 1.69. The molecule has 0 unspecified atom stereocenters. The van der Waals surface area contributed by atoms with Gasteiger partial charge in [0.2, 0.25) is 5.88 Å². The molecule has 5 heteroatoms. The Hall–Kier alpha value is -2.14. The molecular weight excluding hydrogens is 306 g/mol. The summed E-state index contributed by atoms with van der Waals surface area (Å²) in [7, 11) is 0. The number of nitrogens with zero attached hydrogens (tertiary/aromatic N) is 3. The summed E-state index contributed by atoms with van der Waals surface area (Å²) in [6.45, 7) is 4.08. The molecule has 0 aliphatic carbocycles. The number of aromatic hydroxyl groups is 1. The third-order valence-corrected chi connectivity index (χ3v) is 5.45. The summed E-state index contributed by atoms with van der Waals surface area (Å²) in [4.78, 5) is 12.1. The van der Waals surface area contributed by atoms with Crippen LogP contribution in [0.1, 0.15) is 36.6 Å². The van der Waals surface area contributed by atoms with Crippen LogP contribution < -0.4 is 4.90 Å². The molecule has 1 aromatic heterocycles. The molecule has 3 heterocycles. The first kappa shape index (κ1) is 14.5. The minimum atomic E-state index is 0.125. The number of benzene rings is 1. The number of hydrogen-bond donors (Lipinski definition) is 1. The minimum Gasteiger partial charge on any atom is -0.492 e. The van der Waals surface area contributed by atoms with E-state index in [1.54, 1.807) is 11.3 Å². The fourth-order valence-corrected chi connectivity index (χ4v) is 4.13. The number of rotatable bonds is 2. The van der Waals surface area contributed by atoms with Gasteiger partial charge in [-0.25, -0.2) is 0 Å². The lowest BCUT2D eigenvalue weighted by Crippen LogP contribution is -2.29. The minimum absolute atomic E-state index is 0.125. The van der Waals surface area contributed by atoms with E-state index < -0.39 is 0 Å². The quantitative estimate of drug-likeness (QED) is 0.885. The van der Waals surface area contributed by atoms with Crippen molar-refractivity contribution in [3.8, 4) is 5.88 Å². The molecule has 0 spiro atoms. The highest BCUT2D eigenvalue weighted by Crippen LogP contribution is 2.39. The van der Waals surface area contributed by atoms with E-state index in [9.17, 15) is 5.11 Å². The van der Waals surface area contributed by atoms with Gasteiger partial charge in [-0.2, -0.15) is 4.98 Å². The van der Waals surface area contributed by atoms with E-state index in [1.807, 2.05) is 31.2 Å². The molecule has 1 N–H and O–H groups in total. The lowest BCUT2D eigenvalue weighted by Gasteiger charge is -2.25. The predicted octanol–water partition coefficient (Wildman–Crippen LogP) is 4.49. The third-order valence-electron chi connectivity index (χ3n) is 4.40. The number of aliphatic imine (C=N–C) groups is 1. The van der Waals surface area contributed by atoms with Gasteiger partial charge in [0.1, 0.15) is 0 Å². The van der Waals surface area contributed by atoms with Crippen LogP contribution >= 0.6 is 11.3 Å². The number of anilines is 1. The van der Waals surface area contributed by atoms with Crippen molar-refractivity contribution >= 4 is 39.5 Å². The standard InChI is InChI=1S/C18H19N3OS/c1-12-14(13-7-3-4-8-15(13)19-12)11-16-17(22)20-18(23-16)21-9-5-2-6-10-21/h3-4,7-8,11,22H,2,5-6,9-10H2,1H3/b14-11+. The first-order valence-electron chi connectivity index (χ1n) is 8.04. The van der Waals surface area contributed by atoms with Crippen LogP contribution in [0.5, 0.6) is 5.88 Å². The Kier molecular flexibility index (Phi) is 3.65. The van der Waals surface area contributed by atoms with Crippen molar-refractivity contribution in [3.63, 3.8) is 0 Å². The molecule has 0 atom stereocenters. The van der Waals surface area contributed by atoms with Crippen molar-refractivity contribution < 1.29 is 5.11 Å². The van der Waals surface area contributed by atoms with Gasteiger partial charge in [-0.05, 0) is 38.3 Å². The van der Waals surface area contributed by atoms with Crippen molar-refractivity contribution in [2.24, 2.45) is 4.99 Å². The summed E-state index contributed by atoms with van der Waals surface area (Å²) < 4.78 is 0. The van der Waals surface area contributed by atoms with E-state index in [0.29, 0.717) is 0 Å². The maximum atomic E-state index is 10.2. The number of aromatic nitrogens is 1. The Morgan fingerprint density at radius 2 is 1.96 bits per heavy atom. The molecule has 1 saturated heterocycles. The van der Waals surface area contributed by atoms with Gasteiger partial charge in [0.05, 0.1) is 10.6 Å². The monoisotopic (exact) mass is 325 g/mol. The van der Waals surface area contributed by atoms with Gasteiger partial charge in [0, 0.05) is 29.9 Å². The summed E-state index contributed by atoms with van der Waals surface area (Å²) >= 11 is 1.56. The Morgan fingerprint density at radius 3 is 2.78 bits per heavy atom. The molecule has 2 aromatic rings. The Bertz CT molecular complexity index is 800. The van der Waals surface area contributed by atoms with Crippen molar-refractivity contribution in [2.45, 2.75) is 26.2 Å². The van der Waals surface area contributed by atoms with Crippen LogP contribution in [0.3, 0.4) is 0 Å². The molecule has 23 heavy (non-hydrogen) atoms. The maximum Gasteiger partial charge on any atom is 0.231 e. The number of allylic oxidation sites excluding steroid dienone is 1. The first-order valence-corrected chi connectivity index (χ1v) is 8.85. The van der Waals surface area contributed by atoms with Gasteiger partial charge in [-0.3, -0.25) is 4.99 Å². The topological polar surface area (TPSA) is 48.7 Å². The number of para-hydroxylation sites is 1. The van der Waals surface area contributed by atoms with Gasteiger partial charge < -0.3 is 10.0 Å². The molecule has 4 nitrogen and oxygen atoms in total. The average molecular weight is 325 g/mol. The summed E-state index contributed by atoms with van der Waals surface area (Å²) in [5.41, 5.74) is 4.18. The highest BCUT2D eigenvalue weighted by atomic mass is 32.1. The second-order valence-corrected chi connectivity index (χ2v) is 7.01. The summed E-state index contributed by atoms with van der Waals surface area (Å²) in [6.07, 6.45) is 5.72. The lowest BCUT2D eigenvalue weighted by molar-refractivity contribution is 0.455. The van der Waals surface area contributed by atoms with Crippen LogP contribution in [0.4, 0.5) is 10.8 Å². The van der Waals surface area contributed by atoms with E-state index in [4.69, 9.17) is 0 Å².